The number of aliphatic hydroxyl groups is 1. The maximum absolute atomic E-state index is 11.6. The van der Waals surface area contributed by atoms with Gasteiger partial charge in [0.2, 0.25) is 5.91 Å². The fourth-order valence-electron chi connectivity index (χ4n) is 1.84. The highest BCUT2D eigenvalue weighted by Crippen LogP contribution is 2.27. The number of β-amino-alcohol motifs (C(OH)–C–C–N with tert-alkyl or cyclic N) is 1. The predicted molar refractivity (Wildman–Crippen MR) is 61.9 cm³/mol. The van der Waals surface area contributed by atoms with Crippen molar-refractivity contribution in [2.24, 2.45) is 0 Å². The molecule has 0 saturated carbocycles. The van der Waals surface area contributed by atoms with Crippen molar-refractivity contribution >= 4 is 27.5 Å². The summed E-state index contributed by atoms with van der Waals surface area (Å²) in [5.74, 6) is -0.00655. The van der Waals surface area contributed by atoms with Crippen molar-refractivity contribution in [3.63, 3.8) is 0 Å². The zero-order valence-electron chi connectivity index (χ0n) is 8.40. The molecule has 0 bridgehead atoms. The molecule has 1 aliphatic rings. The van der Waals surface area contributed by atoms with E-state index in [-0.39, 0.29) is 12.3 Å². The number of aliphatic hydroxyl groups excluding tert-OH is 1. The average Bonchev–Trinajstić information content (AvgIpc) is 2.45. The highest BCUT2D eigenvalue weighted by molar-refractivity contribution is 9.10. The molecule has 1 amide bonds. The summed E-state index contributed by atoms with van der Waals surface area (Å²) < 4.78 is 0.996. The van der Waals surface area contributed by atoms with Crippen LogP contribution in [-0.2, 0) is 4.79 Å². The molecule has 2 rings (SSSR count). The molecule has 1 fully saturated rings. The Morgan fingerprint density at radius 1 is 1.53 bits per heavy atom. The lowest BCUT2D eigenvalue weighted by Gasteiger charge is -2.18. The molecule has 1 aromatic carbocycles. The van der Waals surface area contributed by atoms with E-state index >= 15 is 0 Å². The lowest BCUT2D eigenvalue weighted by Crippen LogP contribution is -2.25. The number of aryl methyl sites for hydroxylation is 1. The summed E-state index contributed by atoms with van der Waals surface area (Å²) in [7, 11) is 0. The minimum atomic E-state index is -0.527. The lowest BCUT2D eigenvalue weighted by molar-refractivity contribution is -0.117. The molecule has 0 aliphatic carbocycles. The Labute approximate surface area is 96.8 Å². The van der Waals surface area contributed by atoms with Crippen LogP contribution in [0.2, 0.25) is 0 Å². The number of halogens is 1. The molecule has 1 aromatic rings. The van der Waals surface area contributed by atoms with E-state index in [0.29, 0.717) is 6.54 Å². The predicted octanol–water partition coefficient (Wildman–Crippen LogP) is 1.86. The number of carbonyl (C=O) groups is 1. The zero-order chi connectivity index (χ0) is 11.0. The first-order valence-electron chi connectivity index (χ1n) is 4.82. The molecule has 0 spiro atoms. The number of anilines is 1. The number of amides is 1. The van der Waals surface area contributed by atoms with Crippen LogP contribution in [0, 0.1) is 6.92 Å². The number of benzene rings is 1. The van der Waals surface area contributed by atoms with E-state index in [4.69, 9.17) is 0 Å². The molecule has 0 radical (unpaired) electrons. The first-order valence-corrected chi connectivity index (χ1v) is 5.62. The molecule has 1 N–H and O–H groups in total. The Bertz CT molecular complexity index is 406. The molecular formula is C11H12BrNO2. The fourth-order valence-corrected chi connectivity index (χ4v) is 2.32. The Morgan fingerprint density at radius 2 is 2.27 bits per heavy atom. The molecule has 1 heterocycles. The van der Waals surface area contributed by atoms with Crippen LogP contribution in [0.25, 0.3) is 0 Å². The van der Waals surface area contributed by atoms with Crippen LogP contribution >= 0.6 is 15.9 Å². The van der Waals surface area contributed by atoms with Crippen molar-refractivity contribution in [1.29, 1.82) is 0 Å². The highest BCUT2D eigenvalue weighted by Gasteiger charge is 2.29. The van der Waals surface area contributed by atoms with Crippen molar-refractivity contribution in [1.82, 2.24) is 0 Å². The molecule has 1 unspecified atom stereocenters. The topological polar surface area (TPSA) is 40.5 Å². The third kappa shape index (κ3) is 2.06. The van der Waals surface area contributed by atoms with Gasteiger partial charge in [0.05, 0.1) is 19.1 Å². The van der Waals surface area contributed by atoms with E-state index in [1.54, 1.807) is 4.90 Å². The van der Waals surface area contributed by atoms with Gasteiger partial charge in [-0.1, -0.05) is 15.9 Å². The fraction of sp³-hybridized carbons (Fsp3) is 0.364. The van der Waals surface area contributed by atoms with Gasteiger partial charge in [-0.15, -0.1) is 0 Å². The maximum Gasteiger partial charge on any atom is 0.229 e. The second kappa shape index (κ2) is 3.94. The van der Waals surface area contributed by atoms with Crippen molar-refractivity contribution in [2.45, 2.75) is 19.4 Å². The van der Waals surface area contributed by atoms with Gasteiger partial charge in [0.15, 0.2) is 0 Å². The van der Waals surface area contributed by atoms with Gasteiger partial charge in [-0.2, -0.15) is 0 Å². The van der Waals surface area contributed by atoms with Gasteiger partial charge in [-0.3, -0.25) is 4.79 Å². The summed E-state index contributed by atoms with van der Waals surface area (Å²) in [4.78, 5) is 13.2. The summed E-state index contributed by atoms with van der Waals surface area (Å²) in [5.41, 5.74) is 1.92. The molecule has 4 heteroatoms. The number of hydrogen-bond donors (Lipinski definition) is 1. The summed E-state index contributed by atoms with van der Waals surface area (Å²) in [6.07, 6.45) is -0.296. The first-order chi connectivity index (χ1) is 7.08. The third-order valence-corrected chi connectivity index (χ3v) is 3.05. The molecule has 1 saturated heterocycles. The standard InChI is InChI=1S/C11H12BrNO2/c1-7-4-8(12)2-3-10(7)13-6-9(14)5-11(13)15/h2-4,9,14H,5-6H2,1H3. The van der Waals surface area contributed by atoms with Crippen LogP contribution in [-0.4, -0.2) is 23.7 Å². The number of carbonyl (C=O) groups excluding carboxylic acids is 1. The average molecular weight is 270 g/mol. The van der Waals surface area contributed by atoms with E-state index < -0.39 is 6.10 Å². The van der Waals surface area contributed by atoms with E-state index in [0.717, 1.165) is 15.7 Å². The highest BCUT2D eigenvalue weighted by atomic mass is 79.9. The van der Waals surface area contributed by atoms with Crippen LogP contribution in [0.5, 0.6) is 0 Å². The van der Waals surface area contributed by atoms with Gasteiger partial charge in [0, 0.05) is 10.2 Å². The van der Waals surface area contributed by atoms with Crippen LogP contribution in [0.1, 0.15) is 12.0 Å². The summed E-state index contributed by atoms with van der Waals surface area (Å²) in [5, 5.41) is 9.41. The van der Waals surface area contributed by atoms with Crippen LogP contribution < -0.4 is 4.90 Å². The van der Waals surface area contributed by atoms with Crippen LogP contribution in [0.15, 0.2) is 22.7 Å². The van der Waals surface area contributed by atoms with Crippen LogP contribution in [0.3, 0.4) is 0 Å². The van der Waals surface area contributed by atoms with E-state index in [1.165, 1.54) is 0 Å². The van der Waals surface area contributed by atoms with Crippen molar-refractivity contribution in [3.8, 4) is 0 Å². The molecular weight excluding hydrogens is 258 g/mol. The molecule has 80 valence electrons. The number of hydrogen-bond acceptors (Lipinski definition) is 2. The lowest BCUT2D eigenvalue weighted by atomic mass is 10.2. The first kappa shape index (κ1) is 10.6. The van der Waals surface area contributed by atoms with E-state index in [9.17, 15) is 9.90 Å². The Morgan fingerprint density at radius 3 is 2.80 bits per heavy atom. The largest absolute Gasteiger partial charge is 0.391 e. The zero-order valence-corrected chi connectivity index (χ0v) is 9.99. The van der Waals surface area contributed by atoms with Gasteiger partial charge in [-0.05, 0) is 30.7 Å². The van der Waals surface area contributed by atoms with Gasteiger partial charge in [-0.25, -0.2) is 0 Å². The molecule has 0 aromatic heterocycles. The SMILES string of the molecule is Cc1cc(Br)ccc1N1CC(O)CC1=O. The Balaban J connectivity index is 2.34. The van der Waals surface area contributed by atoms with Gasteiger partial charge >= 0.3 is 0 Å². The quantitative estimate of drug-likeness (QED) is 0.846. The molecule has 15 heavy (non-hydrogen) atoms. The van der Waals surface area contributed by atoms with E-state index in [2.05, 4.69) is 15.9 Å². The Hall–Kier alpha value is -0.870. The maximum atomic E-state index is 11.6. The minimum Gasteiger partial charge on any atom is -0.391 e. The number of rotatable bonds is 1. The van der Waals surface area contributed by atoms with Gasteiger partial charge in [0.1, 0.15) is 0 Å². The van der Waals surface area contributed by atoms with Gasteiger partial charge < -0.3 is 10.0 Å². The van der Waals surface area contributed by atoms with E-state index in [1.807, 2.05) is 25.1 Å². The van der Waals surface area contributed by atoms with Gasteiger partial charge in [0.25, 0.3) is 0 Å². The number of nitrogens with zero attached hydrogens (tertiary/aromatic N) is 1. The normalized spacial score (nSPS) is 21.1. The van der Waals surface area contributed by atoms with Crippen molar-refractivity contribution < 1.29 is 9.90 Å². The van der Waals surface area contributed by atoms with Crippen molar-refractivity contribution in [2.75, 3.05) is 11.4 Å². The molecule has 1 aliphatic heterocycles. The second-order valence-electron chi connectivity index (χ2n) is 3.79. The smallest absolute Gasteiger partial charge is 0.229 e. The summed E-state index contributed by atoms with van der Waals surface area (Å²) in [6, 6.07) is 5.77. The monoisotopic (exact) mass is 269 g/mol. The second-order valence-corrected chi connectivity index (χ2v) is 4.71. The van der Waals surface area contributed by atoms with Crippen molar-refractivity contribution in [3.05, 3.63) is 28.2 Å². The molecule has 3 nitrogen and oxygen atoms in total. The third-order valence-electron chi connectivity index (χ3n) is 2.55. The Kier molecular flexibility index (Phi) is 2.80. The molecule has 1 atom stereocenters. The summed E-state index contributed by atoms with van der Waals surface area (Å²) in [6.45, 7) is 2.36. The minimum absolute atomic E-state index is 0.00655. The van der Waals surface area contributed by atoms with Crippen LogP contribution in [0.4, 0.5) is 5.69 Å². The summed E-state index contributed by atoms with van der Waals surface area (Å²) >= 11 is 3.38.